The number of carbonyl (C=O) groups is 1. The molecule has 5 rings (SSSR count). The maximum absolute atomic E-state index is 13.5. The van der Waals surface area contributed by atoms with Crippen LogP contribution >= 0.6 is 0 Å². The predicted octanol–water partition coefficient (Wildman–Crippen LogP) is 4.64. The Hall–Kier alpha value is -3.35. The average molecular weight is 437 g/mol. The van der Waals surface area contributed by atoms with Crippen molar-refractivity contribution in [2.24, 2.45) is 5.41 Å². The van der Waals surface area contributed by atoms with E-state index in [1.807, 2.05) is 24.3 Å². The van der Waals surface area contributed by atoms with Gasteiger partial charge in [0, 0.05) is 35.4 Å². The van der Waals surface area contributed by atoms with Gasteiger partial charge in [0.15, 0.2) is 28.8 Å². The highest BCUT2D eigenvalue weighted by atomic mass is 16.7. The maximum Gasteiger partial charge on any atom is 0.231 e. The number of fused-ring (bicyclic) bond motifs is 2. The summed E-state index contributed by atoms with van der Waals surface area (Å²) in [5.74, 6) is 2.84. The van der Waals surface area contributed by atoms with Gasteiger partial charge in [0.2, 0.25) is 12.5 Å². The topological polar surface area (TPSA) is 75.3 Å². The molecule has 2 aromatic rings. The van der Waals surface area contributed by atoms with Crippen LogP contribution in [0.15, 0.2) is 35.5 Å². The summed E-state index contributed by atoms with van der Waals surface area (Å²) >= 11 is 0. The first-order valence-corrected chi connectivity index (χ1v) is 10.6. The van der Waals surface area contributed by atoms with Crippen molar-refractivity contribution in [3.8, 4) is 28.7 Å². The number of allylic oxidation sites excluding steroid dienone is 2. The van der Waals surface area contributed by atoms with Crippen LogP contribution in [0.3, 0.4) is 0 Å². The Morgan fingerprint density at radius 2 is 1.59 bits per heavy atom. The van der Waals surface area contributed by atoms with E-state index in [4.69, 9.17) is 23.7 Å². The molecule has 0 saturated heterocycles. The Bertz CT molecular complexity index is 1120. The molecule has 0 spiro atoms. The van der Waals surface area contributed by atoms with E-state index in [-0.39, 0.29) is 23.9 Å². The summed E-state index contributed by atoms with van der Waals surface area (Å²) in [6.07, 6.45) is 1.28. The van der Waals surface area contributed by atoms with Gasteiger partial charge in [-0.2, -0.15) is 0 Å². The SMILES string of the molecule is COc1cc([C@@H]2C3=C(CC(C)(C)CC3=O)Nc3cc4c(cc32)OCO4)cc(OC)c1OC. The van der Waals surface area contributed by atoms with Crippen molar-refractivity contribution in [2.75, 3.05) is 33.4 Å². The Kier molecular flexibility index (Phi) is 4.73. The third-order valence-electron chi connectivity index (χ3n) is 6.37. The molecule has 0 radical (unpaired) electrons. The first kappa shape index (κ1) is 20.5. The number of rotatable bonds is 4. The number of benzene rings is 2. The Labute approximate surface area is 187 Å². The Balaban J connectivity index is 1.76. The number of ether oxygens (including phenoxy) is 5. The molecule has 1 N–H and O–H groups in total. The molecule has 0 fully saturated rings. The van der Waals surface area contributed by atoms with E-state index in [1.54, 1.807) is 21.3 Å². The van der Waals surface area contributed by atoms with Crippen LogP contribution in [0.5, 0.6) is 28.7 Å². The molecule has 2 aliphatic heterocycles. The zero-order valence-corrected chi connectivity index (χ0v) is 19.0. The van der Waals surface area contributed by atoms with Crippen molar-refractivity contribution < 1.29 is 28.5 Å². The summed E-state index contributed by atoms with van der Waals surface area (Å²) in [6, 6.07) is 7.76. The molecular weight excluding hydrogens is 410 g/mol. The minimum atomic E-state index is -0.298. The fourth-order valence-electron chi connectivity index (χ4n) is 5.02. The van der Waals surface area contributed by atoms with E-state index >= 15 is 0 Å². The van der Waals surface area contributed by atoms with Crippen LogP contribution in [0.4, 0.5) is 5.69 Å². The van der Waals surface area contributed by atoms with Crippen molar-refractivity contribution in [1.29, 1.82) is 0 Å². The zero-order chi connectivity index (χ0) is 22.6. The maximum atomic E-state index is 13.5. The highest BCUT2D eigenvalue weighted by molar-refractivity contribution is 6.02. The first-order chi connectivity index (χ1) is 15.3. The Morgan fingerprint density at radius 1 is 0.938 bits per heavy atom. The van der Waals surface area contributed by atoms with Gasteiger partial charge >= 0.3 is 0 Å². The molecule has 168 valence electrons. The van der Waals surface area contributed by atoms with Gasteiger partial charge in [-0.05, 0) is 41.2 Å². The fourth-order valence-corrected chi connectivity index (χ4v) is 5.02. The zero-order valence-electron chi connectivity index (χ0n) is 19.0. The number of anilines is 1. The van der Waals surface area contributed by atoms with E-state index in [0.29, 0.717) is 35.2 Å². The van der Waals surface area contributed by atoms with Gasteiger partial charge in [0.1, 0.15) is 0 Å². The van der Waals surface area contributed by atoms with Crippen molar-refractivity contribution >= 4 is 11.5 Å². The van der Waals surface area contributed by atoms with E-state index in [0.717, 1.165) is 34.5 Å². The minimum Gasteiger partial charge on any atom is -0.493 e. The molecule has 0 unspecified atom stereocenters. The minimum absolute atomic E-state index is 0.114. The second-order valence-corrected chi connectivity index (χ2v) is 9.14. The van der Waals surface area contributed by atoms with E-state index < -0.39 is 0 Å². The summed E-state index contributed by atoms with van der Waals surface area (Å²) in [5.41, 5.74) is 4.38. The number of ketones is 1. The molecule has 1 aliphatic carbocycles. The molecule has 7 heteroatoms. The quantitative estimate of drug-likeness (QED) is 0.747. The lowest BCUT2D eigenvalue weighted by Gasteiger charge is -2.39. The number of carbonyl (C=O) groups excluding carboxylic acids is 1. The van der Waals surface area contributed by atoms with Crippen LogP contribution in [0, 0.1) is 5.41 Å². The van der Waals surface area contributed by atoms with Gasteiger partial charge in [0.05, 0.1) is 21.3 Å². The molecule has 3 aliphatic rings. The van der Waals surface area contributed by atoms with Crippen LogP contribution in [-0.2, 0) is 4.79 Å². The molecule has 2 aromatic carbocycles. The van der Waals surface area contributed by atoms with Gasteiger partial charge in [-0.15, -0.1) is 0 Å². The molecule has 32 heavy (non-hydrogen) atoms. The number of hydrogen-bond acceptors (Lipinski definition) is 7. The van der Waals surface area contributed by atoms with Crippen molar-refractivity contribution in [3.05, 3.63) is 46.7 Å². The second-order valence-electron chi connectivity index (χ2n) is 9.14. The molecule has 7 nitrogen and oxygen atoms in total. The number of nitrogens with one attached hydrogen (secondary N) is 1. The van der Waals surface area contributed by atoms with Crippen LogP contribution in [0.25, 0.3) is 0 Å². The molecule has 1 atom stereocenters. The van der Waals surface area contributed by atoms with E-state index in [1.165, 1.54) is 0 Å². The van der Waals surface area contributed by atoms with E-state index in [2.05, 4.69) is 19.2 Å². The lowest BCUT2D eigenvalue weighted by Crippen LogP contribution is -2.33. The van der Waals surface area contributed by atoms with Crippen molar-refractivity contribution in [1.82, 2.24) is 0 Å². The highest BCUT2D eigenvalue weighted by Gasteiger charge is 2.42. The summed E-state index contributed by atoms with van der Waals surface area (Å²) in [5, 5.41) is 3.53. The average Bonchev–Trinajstić information content (AvgIpc) is 3.21. The third-order valence-corrected chi connectivity index (χ3v) is 6.37. The fraction of sp³-hybridized carbons (Fsp3) is 0.400. The number of hydrogen-bond donors (Lipinski definition) is 1. The smallest absolute Gasteiger partial charge is 0.231 e. The first-order valence-electron chi connectivity index (χ1n) is 10.6. The molecule has 0 bridgehead atoms. The largest absolute Gasteiger partial charge is 0.493 e. The van der Waals surface area contributed by atoms with Crippen LogP contribution < -0.4 is 29.0 Å². The number of methoxy groups -OCH3 is 3. The Morgan fingerprint density at radius 3 is 2.22 bits per heavy atom. The molecule has 0 saturated carbocycles. The molecule has 0 aromatic heterocycles. The van der Waals surface area contributed by atoms with Crippen molar-refractivity contribution in [2.45, 2.75) is 32.6 Å². The lowest BCUT2D eigenvalue weighted by atomic mass is 9.68. The number of Topliss-reactive ketones (excluding diaryl/α,β-unsaturated/α-hetero) is 1. The molecule has 2 heterocycles. The van der Waals surface area contributed by atoms with E-state index in [9.17, 15) is 4.79 Å². The van der Waals surface area contributed by atoms with Crippen LogP contribution in [0.2, 0.25) is 0 Å². The summed E-state index contributed by atoms with van der Waals surface area (Å²) in [7, 11) is 4.76. The monoisotopic (exact) mass is 437 g/mol. The van der Waals surface area contributed by atoms with Gasteiger partial charge in [0.25, 0.3) is 0 Å². The van der Waals surface area contributed by atoms with Gasteiger partial charge in [-0.25, -0.2) is 0 Å². The van der Waals surface area contributed by atoms with Gasteiger partial charge in [-0.3, -0.25) is 4.79 Å². The van der Waals surface area contributed by atoms with Crippen LogP contribution in [0.1, 0.15) is 43.7 Å². The highest BCUT2D eigenvalue weighted by Crippen LogP contribution is 2.53. The predicted molar refractivity (Wildman–Crippen MR) is 119 cm³/mol. The molecular formula is C25H27NO6. The second kappa shape index (κ2) is 7.36. The standard InChI is InChI=1S/C25H27NO6/c1-25(2)10-16-23(17(27)11-25)22(13-6-20(28-3)24(30-5)21(7-13)29-4)14-8-18-19(32-12-31-18)9-15(14)26-16/h6-9,22,26H,10-12H2,1-5H3/t22-/m0/s1. The summed E-state index contributed by atoms with van der Waals surface area (Å²) in [4.78, 5) is 13.5. The third kappa shape index (κ3) is 3.15. The molecule has 0 amide bonds. The van der Waals surface area contributed by atoms with Crippen LogP contribution in [-0.4, -0.2) is 33.9 Å². The van der Waals surface area contributed by atoms with Gasteiger partial charge in [-0.1, -0.05) is 13.8 Å². The van der Waals surface area contributed by atoms with Crippen molar-refractivity contribution in [3.63, 3.8) is 0 Å². The summed E-state index contributed by atoms with van der Waals surface area (Å²) < 4.78 is 28.0. The normalized spacial score (nSPS) is 20.3. The lowest BCUT2D eigenvalue weighted by molar-refractivity contribution is -0.118. The summed E-state index contributed by atoms with van der Waals surface area (Å²) in [6.45, 7) is 4.44. The van der Waals surface area contributed by atoms with Gasteiger partial charge < -0.3 is 29.0 Å².